The molecule has 0 saturated heterocycles. The number of nitrogens with one attached hydrogen (secondary N) is 2. The van der Waals surface area contributed by atoms with Crippen molar-refractivity contribution in [3.8, 4) is 0 Å². The number of hydroxylamine groups is 2. The highest BCUT2D eigenvalue weighted by Gasteiger charge is 2.46. The van der Waals surface area contributed by atoms with E-state index in [4.69, 9.17) is 16.9 Å². The summed E-state index contributed by atoms with van der Waals surface area (Å²) in [7, 11) is -3.66. The molecular weight excluding hydrogens is 538 g/mol. The summed E-state index contributed by atoms with van der Waals surface area (Å²) in [5.74, 6) is -0.467. The van der Waals surface area contributed by atoms with Gasteiger partial charge in [0.1, 0.15) is 18.1 Å². The second kappa shape index (κ2) is 10.5. The third-order valence-electron chi connectivity index (χ3n) is 8.61. The van der Waals surface area contributed by atoms with Gasteiger partial charge >= 0.3 is 0 Å². The molecule has 1 saturated carbocycles. The Kier molecular flexibility index (Phi) is 7.48. The molecule has 1 heterocycles. The van der Waals surface area contributed by atoms with Gasteiger partial charge in [-0.25, -0.2) is 8.42 Å². The Balaban J connectivity index is 1.59. The lowest BCUT2D eigenvalue weighted by Gasteiger charge is -2.44. The Labute approximate surface area is 241 Å². The summed E-state index contributed by atoms with van der Waals surface area (Å²) >= 11 is 0. The van der Waals surface area contributed by atoms with E-state index in [0.29, 0.717) is 27.6 Å². The Hall–Kier alpha value is -3.31. The molecule has 2 unspecified atom stereocenters. The summed E-state index contributed by atoms with van der Waals surface area (Å²) in [5, 5.41) is 27.3. The monoisotopic (exact) mass is 577 g/mol. The molecule has 2 atom stereocenters. The number of quaternary nitrogens is 1. The molecule has 218 valence electrons. The van der Waals surface area contributed by atoms with Crippen LogP contribution in [0, 0.1) is 10.6 Å². The first-order valence-electron chi connectivity index (χ1n) is 14.1. The third-order valence-corrected chi connectivity index (χ3v) is 11.2. The summed E-state index contributed by atoms with van der Waals surface area (Å²) < 4.78 is 24.9. The number of amidine groups is 1. The van der Waals surface area contributed by atoms with Crippen LogP contribution in [0.15, 0.2) is 59.5 Å². The van der Waals surface area contributed by atoms with Crippen molar-refractivity contribution in [2.24, 2.45) is 11.5 Å². The maximum Gasteiger partial charge on any atom is 0.279 e. The number of nitrogen functional groups attached to an aromatic ring is 1. The standard InChI is InChI=1S/C31H39N5O4S/c1-31(2,3)41(39,40)28-9-5-7-24-21(6-4-8-25(24)28)18-36(38)26-17-20(29(33)34)11-10-19(26)16-27(36)30(37)35-23-14-12-22(32)13-15-23/h4-11,17,22-23,27H,12-16,18,32H2,1-3H3,(H3,33,34)(H,35,37). The largest absolute Gasteiger partial charge is 0.627 e. The summed E-state index contributed by atoms with van der Waals surface area (Å²) in [4.78, 5) is 14.0. The van der Waals surface area contributed by atoms with Crippen LogP contribution in [-0.4, -0.2) is 43.0 Å². The lowest BCUT2D eigenvalue weighted by Crippen LogP contribution is -2.57. The fraction of sp³-hybridized carbons (Fsp3) is 0.419. The topological polar surface area (TPSA) is 162 Å². The van der Waals surface area contributed by atoms with Gasteiger partial charge in [-0.3, -0.25) is 10.2 Å². The second-order valence-corrected chi connectivity index (χ2v) is 15.1. The number of fused-ring (bicyclic) bond motifs is 2. The van der Waals surface area contributed by atoms with Gasteiger partial charge in [-0.2, -0.15) is 0 Å². The average Bonchev–Trinajstić information content (AvgIpc) is 3.20. The van der Waals surface area contributed by atoms with Gasteiger partial charge in [-0.15, -0.1) is 0 Å². The zero-order valence-corrected chi connectivity index (χ0v) is 24.6. The minimum atomic E-state index is -3.66. The summed E-state index contributed by atoms with van der Waals surface area (Å²) in [6.07, 6.45) is 3.45. The van der Waals surface area contributed by atoms with Crippen LogP contribution in [0.3, 0.4) is 0 Å². The molecule has 41 heavy (non-hydrogen) atoms. The van der Waals surface area contributed by atoms with Crippen LogP contribution in [0.2, 0.25) is 0 Å². The fourth-order valence-corrected chi connectivity index (χ4v) is 7.50. The molecule has 0 aromatic heterocycles. The van der Waals surface area contributed by atoms with Gasteiger partial charge in [0.2, 0.25) is 0 Å². The average molecular weight is 578 g/mol. The van der Waals surface area contributed by atoms with Crippen molar-refractivity contribution in [1.82, 2.24) is 9.96 Å². The SMILES string of the molecule is CC(C)(C)S(=O)(=O)c1cccc2c(C[N+]3([O-])c4cc(C(=N)N)ccc4CC3C(=O)NC3CCC(N)CC3)cccc12. The number of hydrogen-bond donors (Lipinski definition) is 4. The number of sulfone groups is 1. The first-order chi connectivity index (χ1) is 19.2. The highest BCUT2D eigenvalue weighted by Crippen LogP contribution is 2.42. The van der Waals surface area contributed by atoms with Crippen LogP contribution in [0.25, 0.3) is 10.8 Å². The second-order valence-electron chi connectivity index (χ2n) is 12.4. The van der Waals surface area contributed by atoms with Crippen LogP contribution < -0.4 is 21.4 Å². The predicted molar refractivity (Wildman–Crippen MR) is 163 cm³/mol. The Bertz CT molecular complexity index is 1620. The highest BCUT2D eigenvalue weighted by molar-refractivity contribution is 7.93. The van der Waals surface area contributed by atoms with E-state index >= 15 is 5.21 Å². The van der Waals surface area contributed by atoms with Crippen molar-refractivity contribution in [2.75, 3.05) is 0 Å². The number of benzene rings is 3. The molecule has 2 aliphatic rings. The number of rotatable bonds is 6. The Morgan fingerprint density at radius 3 is 2.37 bits per heavy atom. The fourth-order valence-electron chi connectivity index (χ4n) is 6.12. The minimum Gasteiger partial charge on any atom is -0.627 e. The molecule has 9 nitrogen and oxygen atoms in total. The molecule has 3 aromatic carbocycles. The predicted octanol–water partition coefficient (Wildman–Crippen LogP) is 4.01. The summed E-state index contributed by atoms with van der Waals surface area (Å²) in [6.45, 7) is 4.91. The molecule has 3 aromatic rings. The van der Waals surface area contributed by atoms with E-state index < -0.39 is 25.3 Å². The quantitative estimate of drug-likeness (QED) is 0.150. The summed E-state index contributed by atoms with van der Waals surface area (Å²) in [5.41, 5.74) is 14.0. The van der Waals surface area contributed by atoms with Crippen LogP contribution in [0.4, 0.5) is 5.69 Å². The molecule has 1 amide bonds. The molecule has 0 radical (unpaired) electrons. The molecule has 1 aliphatic carbocycles. The van der Waals surface area contributed by atoms with Gasteiger partial charge in [-0.1, -0.05) is 42.5 Å². The molecular formula is C31H39N5O4S. The zero-order chi connectivity index (χ0) is 29.7. The van der Waals surface area contributed by atoms with Gasteiger partial charge in [-0.05, 0) is 57.9 Å². The molecule has 0 spiro atoms. The van der Waals surface area contributed by atoms with Crippen molar-refractivity contribution in [2.45, 2.75) is 87.2 Å². The van der Waals surface area contributed by atoms with Crippen molar-refractivity contribution in [3.05, 3.63) is 76.5 Å². The number of nitrogens with two attached hydrogens (primary N) is 2. The maximum absolute atomic E-state index is 15.0. The van der Waals surface area contributed by atoms with Crippen molar-refractivity contribution in [3.63, 3.8) is 0 Å². The van der Waals surface area contributed by atoms with Gasteiger partial charge in [0.15, 0.2) is 15.9 Å². The number of nitrogens with zero attached hydrogens (tertiary/aromatic N) is 1. The molecule has 0 bridgehead atoms. The van der Waals surface area contributed by atoms with Crippen LogP contribution in [0.1, 0.15) is 63.1 Å². The minimum absolute atomic E-state index is 0.0324. The van der Waals surface area contributed by atoms with E-state index in [1.807, 2.05) is 12.1 Å². The third kappa shape index (κ3) is 5.25. The molecule has 6 N–H and O–H groups in total. The van der Waals surface area contributed by atoms with Crippen molar-refractivity contribution in [1.29, 1.82) is 5.41 Å². The van der Waals surface area contributed by atoms with Gasteiger partial charge in [0.25, 0.3) is 5.91 Å². The summed E-state index contributed by atoms with van der Waals surface area (Å²) in [6, 6.07) is 14.7. The van der Waals surface area contributed by atoms with Crippen molar-refractivity contribution < 1.29 is 13.2 Å². The first kappa shape index (κ1) is 29.2. The normalized spacial score (nSPS) is 24.7. The van der Waals surface area contributed by atoms with E-state index in [-0.39, 0.29) is 41.7 Å². The smallest absolute Gasteiger partial charge is 0.279 e. The Morgan fingerprint density at radius 2 is 1.71 bits per heavy atom. The Morgan fingerprint density at radius 1 is 1.05 bits per heavy atom. The van der Waals surface area contributed by atoms with Gasteiger partial charge in [0.05, 0.1) is 9.64 Å². The van der Waals surface area contributed by atoms with E-state index in [2.05, 4.69) is 5.32 Å². The maximum atomic E-state index is 15.0. The zero-order valence-electron chi connectivity index (χ0n) is 23.8. The number of carbonyl (C=O) groups excluding carboxylic acids is 1. The van der Waals surface area contributed by atoms with Gasteiger partial charge < -0.3 is 26.6 Å². The van der Waals surface area contributed by atoms with E-state index in [9.17, 15) is 13.2 Å². The lowest BCUT2D eigenvalue weighted by molar-refractivity contribution is -0.126. The van der Waals surface area contributed by atoms with Crippen molar-refractivity contribution >= 4 is 38.0 Å². The lowest BCUT2D eigenvalue weighted by atomic mass is 9.91. The first-order valence-corrected chi connectivity index (χ1v) is 15.6. The number of carbonyl (C=O) groups is 1. The molecule has 10 heteroatoms. The molecule has 1 fully saturated rings. The van der Waals surface area contributed by atoms with Crippen LogP contribution >= 0.6 is 0 Å². The van der Waals surface area contributed by atoms with E-state index in [1.54, 1.807) is 63.2 Å². The molecule has 5 rings (SSSR count). The number of hydrogen-bond acceptors (Lipinski definition) is 6. The van der Waals surface area contributed by atoms with Crippen LogP contribution in [0.5, 0.6) is 0 Å². The van der Waals surface area contributed by atoms with E-state index in [1.165, 1.54) is 0 Å². The van der Waals surface area contributed by atoms with Crippen LogP contribution in [-0.2, 0) is 27.6 Å². The van der Waals surface area contributed by atoms with Gasteiger partial charge in [0, 0.05) is 46.6 Å². The highest BCUT2D eigenvalue weighted by atomic mass is 32.2. The molecule has 1 aliphatic heterocycles. The van der Waals surface area contributed by atoms with E-state index in [0.717, 1.165) is 31.2 Å². The number of amides is 1.